The van der Waals surface area contributed by atoms with E-state index in [-0.39, 0.29) is 0 Å². The van der Waals surface area contributed by atoms with Crippen LogP contribution in [0, 0.1) is 0 Å². The highest BCUT2D eigenvalue weighted by Gasteiger charge is 2.06. The number of aromatic nitrogens is 1. The zero-order chi connectivity index (χ0) is 16.9. The molecule has 1 aromatic heterocycles. The number of hydrogen-bond acceptors (Lipinski definition) is 4. The number of rotatable bonds is 6. The third kappa shape index (κ3) is 3.71. The highest BCUT2D eigenvalue weighted by molar-refractivity contribution is 6.31. The van der Waals surface area contributed by atoms with Gasteiger partial charge in [-0.3, -0.25) is 0 Å². The molecule has 0 amide bonds. The molecule has 3 aromatic rings. The number of fused-ring (bicyclic) bond motifs is 1. The lowest BCUT2D eigenvalue weighted by Gasteiger charge is -2.10. The lowest BCUT2D eigenvalue weighted by molar-refractivity contribution is 0.294. The minimum atomic E-state index is 0.527. The Morgan fingerprint density at radius 2 is 2.00 bits per heavy atom. The molecule has 0 spiro atoms. The SMILES string of the molecule is CCCOc1cc(/C=C/c2nc3cc(Cl)ccc3o2)ccc1OC. The second kappa shape index (κ2) is 7.41. The van der Waals surface area contributed by atoms with E-state index in [0.717, 1.165) is 29.0 Å². The molecular weight excluding hydrogens is 326 g/mol. The molecule has 24 heavy (non-hydrogen) atoms. The van der Waals surface area contributed by atoms with Gasteiger partial charge in [-0.15, -0.1) is 0 Å². The molecule has 0 atom stereocenters. The average molecular weight is 344 g/mol. The second-order valence-electron chi connectivity index (χ2n) is 5.26. The zero-order valence-electron chi connectivity index (χ0n) is 13.6. The number of oxazole rings is 1. The Bertz CT molecular complexity index is 870. The van der Waals surface area contributed by atoms with Gasteiger partial charge >= 0.3 is 0 Å². The Hall–Kier alpha value is -2.46. The Labute approximate surface area is 145 Å². The average Bonchev–Trinajstić information content (AvgIpc) is 3.00. The molecule has 0 saturated carbocycles. The number of halogens is 1. The van der Waals surface area contributed by atoms with Gasteiger partial charge < -0.3 is 13.9 Å². The molecule has 124 valence electrons. The van der Waals surface area contributed by atoms with Crippen molar-refractivity contribution in [1.82, 2.24) is 4.98 Å². The summed E-state index contributed by atoms with van der Waals surface area (Å²) in [5.74, 6) is 1.97. The van der Waals surface area contributed by atoms with Crippen molar-refractivity contribution in [3.63, 3.8) is 0 Å². The van der Waals surface area contributed by atoms with Crippen LogP contribution in [0.4, 0.5) is 0 Å². The van der Waals surface area contributed by atoms with Crippen molar-refractivity contribution in [3.8, 4) is 11.5 Å². The highest BCUT2D eigenvalue weighted by atomic mass is 35.5. The zero-order valence-corrected chi connectivity index (χ0v) is 14.3. The van der Waals surface area contributed by atoms with Gasteiger partial charge in [0.05, 0.1) is 13.7 Å². The van der Waals surface area contributed by atoms with Crippen LogP contribution in [-0.4, -0.2) is 18.7 Å². The Morgan fingerprint density at radius 1 is 1.12 bits per heavy atom. The molecule has 0 unspecified atom stereocenters. The van der Waals surface area contributed by atoms with Crippen LogP contribution in [0.3, 0.4) is 0 Å². The Kier molecular flexibility index (Phi) is 5.06. The maximum atomic E-state index is 5.96. The summed E-state index contributed by atoms with van der Waals surface area (Å²) in [4.78, 5) is 4.40. The highest BCUT2D eigenvalue weighted by Crippen LogP contribution is 2.29. The van der Waals surface area contributed by atoms with Crippen LogP contribution in [-0.2, 0) is 0 Å². The van der Waals surface area contributed by atoms with Crippen molar-refractivity contribution in [2.24, 2.45) is 0 Å². The number of benzene rings is 2. The summed E-state index contributed by atoms with van der Waals surface area (Å²) in [5.41, 5.74) is 2.42. The van der Waals surface area contributed by atoms with E-state index in [1.54, 1.807) is 19.2 Å². The number of nitrogens with zero attached hydrogens (tertiary/aromatic N) is 1. The quantitative estimate of drug-likeness (QED) is 0.597. The minimum Gasteiger partial charge on any atom is -0.493 e. The van der Waals surface area contributed by atoms with Gasteiger partial charge in [-0.2, -0.15) is 0 Å². The Morgan fingerprint density at radius 3 is 2.79 bits per heavy atom. The molecule has 2 aromatic carbocycles. The van der Waals surface area contributed by atoms with Crippen molar-refractivity contribution in [1.29, 1.82) is 0 Å². The van der Waals surface area contributed by atoms with Crippen molar-refractivity contribution >= 4 is 34.9 Å². The van der Waals surface area contributed by atoms with Gasteiger partial charge in [0.2, 0.25) is 5.89 Å². The van der Waals surface area contributed by atoms with Gasteiger partial charge in [0.1, 0.15) is 5.52 Å². The maximum Gasteiger partial charge on any atom is 0.220 e. The van der Waals surface area contributed by atoms with E-state index in [4.69, 9.17) is 25.5 Å². The van der Waals surface area contributed by atoms with Crippen LogP contribution >= 0.6 is 11.6 Å². The van der Waals surface area contributed by atoms with Gasteiger partial charge in [-0.1, -0.05) is 24.6 Å². The first-order valence-corrected chi connectivity index (χ1v) is 8.12. The van der Waals surface area contributed by atoms with E-state index in [1.807, 2.05) is 36.4 Å². The summed E-state index contributed by atoms with van der Waals surface area (Å²) < 4.78 is 16.7. The predicted molar refractivity (Wildman–Crippen MR) is 96.7 cm³/mol. The van der Waals surface area contributed by atoms with E-state index in [9.17, 15) is 0 Å². The smallest absolute Gasteiger partial charge is 0.220 e. The minimum absolute atomic E-state index is 0.527. The number of ether oxygens (including phenoxy) is 2. The molecule has 3 rings (SSSR count). The number of hydrogen-bond donors (Lipinski definition) is 0. The predicted octanol–water partition coefficient (Wildman–Crippen LogP) is 5.45. The lowest BCUT2D eigenvalue weighted by atomic mass is 10.2. The third-order valence-corrected chi connectivity index (χ3v) is 3.67. The topological polar surface area (TPSA) is 44.5 Å². The van der Waals surface area contributed by atoms with Crippen molar-refractivity contribution in [3.05, 3.63) is 52.9 Å². The second-order valence-corrected chi connectivity index (χ2v) is 5.69. The largest absolute Gasteiger partial charge is 0.493 e. The monoisotopic (exact) mass is 343 g/mol. The van der Waals surface area contributed by atoms with Gasteiger partial charge in [-0.05, 0) is 48.4 Å². The van der Waals surface area contributed by atoms with Crippen molar-refractivity contribution < 1.29 is 13.9 Å². The molecule has 0 aliphatic rings. The Balaban J connectivity index is 1.84. The number of methoxy groups -OCH3 is 1. The van der Waals surface area contributed by atoms with Crippen LogP contribution in [0.25, 0.3) is 23.3 Å². The standard InChI is InChI=1S/C19H18ClNO3/c1-3-10-23-18-11-13(4-7-17(18)22-2)5-9-19-21-15-12-14(20)6-8-16(15)24-19/h4-9,11-12H,3,10H2,1-2H3/b9-5+. The van der Waals surface area contributed by atoms with Crippen LogP contribution in [0.5, 0.6) is 11.5 Å². The maximum absolute atomic E-state index is 5.96. The van der Waals surface area contributed by atoms with Gasteiger partial charge in [0, 0.05) is 11.1 Å². The fourth-order valence-corrected chi connectivity index (χ4v) is 2.45. The fraction of sp³-hybridized carbons (Fsp3) is 0.211. The van der Waals surface area contributed by atoms with Crippen LogP contribution in [0.1, 0.15) is 24.8 Å². The molecule has 0 bridgehead atoms. The summed E-state index contributed by atoms with van der Waals surface area (Å²) in [5, 5.41) is 0.638. The normalized spacial score (nSPS) is 11.3. The molecule has 1 heterocycles. The summed E-state index contributed by atoms with van der Waals surface area (Å²) in [7, 11) is 1.63. The van der Waals surface area contributed by atoms with Crippen molar-refractivity contribution in [2.45, 2.75) is 13.3 Å². The molecule has 0 aliphatic carbocycles. The molecule has 0 fully saturated rings. The molecular formula is C19H18ClNO3. The van der Waals surface area contributed by atoms with E-state index in [0.29, 0.717) is 23.1 Å². The molecule has 5 heteroatoms. The summed E-state index contributed by atoms with van der Waals surface area (Å²) in [6.07, 6.45) is 4.68. The molecule has 0 saturated heterocycles. The molecule has 4 nitrogen and oxygen atoms in total. The summed E-state index contributed by atoms with van der Waals surface area (Å²) >= 11 is 5.96. The summed E-state index contributed by atoms with van der Waals surface area (Å²) in [6, 6.07) is 11.1. The first-order valence-electron chi connectivity index (χ1n) is 7.74. The van der Waals surface area contributed by atoms with Crippen LogP contribution in [0.2, 0.25) is 5.02 Å². The molecule has 0 aliphatic heterocycles. The van der Waals surface area contributed by atoms with Gasteiger partial charge in [0.25, 0.3) is 0 Å². The van der Waals surface area contributed by atoms with Crippen molar-refractivity contribution in [2.75, 3.05) is 13.7 Å². The first kappa shape index (κ1) is 16.4. The van der Waals surface area contributed by atoms with E-state index >= 15 is 0 Å². The van der Waals surface area contributed by atoms with Crippen LogP contribution in [0.15, 0.2) is 40.8 Å². The van der Waals surface area contributed by atoms with Crippen LogP contribution < -0.4 is 9.47 Å². The molecule has 0 radical (unpaired) electrons. The molecule has 0 N–H and O–H groups in total. The van der Waals surface area contributed by atoms with E-state index < -0.39 is 0 Å². The first-order chi connectivity index (χ1) is 11.7. The van der Waals surface area contributed by atoms with Gasteiger partial charge in [-0.25, -0.2) is 4.98 Å². The van der Waals surface area contributed by atoms with E-state index in [1.165, 1.54) is 0 Å². The van der Waals surface area contributed by atoms with Gasteiger partial charge in [0.15, 0.2) is 17.1 Å². The third-order valence-electron chi connectivity index (χ3n) is 3.43. The van der Waals surface area contributed by atoms with E-state index in [2.05, 4.69) is 11.9 Å². The summed E-state index contributed by atoms with van der Waals surface area (Å²) in [6.45, 7) is 2.71. The fourth-order valence-electron chi connectivity index (χ4n) is 2.28. The lowest BCUT2D eigenvalue weighted by Crippen LogP contribution is -1.97.